The van der Waals surface area contributed by atoms with E-state index in [0.717, 1.165) is 34.4 Å². The Bertz CT molecular complexity index is 1390. The van der Waals surface area contributed by atoms with Crippen LogP contribution < -0.4 is 16.0 Å². The molecule has 6 heteroatoms. The topological polar surface area (TPSA) is 95.7 Å². The summed E-state index contributed by atoms with van der Waals surface area (Å²) in [6.07, 6.45) is 4.98. The SMILES string of the molecule is Cc1cc(C(=O)N[C@@H](C)c2ccccc2)ccc1N(CCO)CC1=CC=C(c2ccccc2C(N)=O)CC1C. The number of aliphatic hydroxyl groups is 1. The second kappa shape index (κ2) is 12.6. The van der Waals surface area contributed by atoms with E-state index < -0.39 is 5.91 Å². The molecule has 0 radical (unpaired) electrons. The number of hydrogen-bond acceptors (Lipinski definition) is 4. The van der Waals surface area contributed by atoms with Gasteiger partial charge in [0.05, 0.1) is 12.6 Å². The fourth-order valence-corrected chi connectivity index (χ4v) is 5.17. The van der Waals surface area contributed by atoms with E-state index in [2.05, 4.69) is 29.3 Å². The number of rotatable bonds is 10. The van der Waals surface area contributed by atoms with Gasteiger partial charge in [0.25, 0.3) is 5.91 Å². The van der Waals surface area contributed by atoms with Gasteiger partial charge in [-0.05, 0) is 78.3 Å². The molecule has 2 atom stereocenters. The molecule has 202 valence electrons. The Labute approximate surface area is 230 Å². The normalized spacial score (nSPS) is 15.6. The van der Waals surface area contributed by atoms with Crippen molar-refractivity contribution in [1.82, 2.24) is 5.32 Å². The molecule has 3 aromatic carbocycles. The maximum Gasteiger partial charge on any atom is 0.251 e. The van der Waals surface area contributed by atoms with E-state index in [1.807, 2.05) is 80.6 Å². The van der Waals surface area contributed by atoms with Crippen LogP contribution in [0.3, 0.4) is 0 Å². The van der Waals surface area contributed by atoms with Crippen LogP contribution in [0.1, 0.15) is 63.7 Å². The summed E-state index contributed by atoms with van der Waals surface area (Å²) in [5.41, 5.74) is 13.0. The molecule has 0 aromatic heterocycles. The van der Waals surface area contributed by atoms with Crippen molar-refractivity contribution in [3.05, 3.63) is 118 Å². The van der Waals surface area contributed by atoms with Crippen LogP contribution in [0.5, 0.6) is 0 Å². The molecule has 39 heavy (non-hydrogen) atoms. The third-order valence-corrected chi connectivity index (χ3v) is 7.39. The van der Waals surface area contributed by atoms with Gasteiger partial charge in [-0.15, -0.1) is 0 Å². The third kappa shape index (κ3) is 6.65. The number of amides is 2. The monoisotopic (exact) mass is 523 g/mol. The molecule has 0 aliphatic heterocycles. The zero-order valence-corrected chi connectivity index (χ0v) is 22.9. The lowest BCUT2D eigenvalue weighted by Crippen LogP contribution is -2.32. The molecule has 2 amide bonds. The number of nitrogens with two attached hydrogens (primary N) is 1. The van der Waals surface area contributed by atoms with Crippen molar-refractivity contribution in [3.63, 3.8) is 0 Å². The summed E-state index contributed by atoms with van der Waals surface area (Å²) < 4.78 is 0. The molecule has 0 spiro atoms. The third-order valence-electron chi connectivity index (χ3n) is 7.39. The highest BCUT2D eigenvalue weighted by atomic mass is 16.3. The zero-order valence-electron chi connectivity index (χ0n) is 22.9. The summed E-state index contributed by atoms with van der Waals surface area (Å²) in [4.78, 5) is 27.0. The van der Waals surface area contributed by atoms with Gasteiger partial charge >= 0.3 is 0 Å². The molecule has 0 fully saturated rings. The summed E-state index contributed by atoms with van der Waals surface area (Å²) in [7, 11) is 0. The van der Waals surface area contributed by atoms with Crippen LogP contribution in [0.4, 0.5) is 5.69 Å². The summed E-state index contributed by atoms with van der Waals surface area (Å²) in [6.45, 7) is 7.29. The second-order valence-corrected chi connectivity index (χ2v) is 10.2. The fraction of sp³-hybridized carbons (Fsp3) is 0.273. The van der Waals surface area contributed by atoms with Gasteiger partial charge < -0.3 is 21.1 Å². The standard InChI is InChI=1S/C33H37N3O3/c1-22-19-26(29-11-7-8-12-30(29)32(34)38)13-14-28(22)21-36(17-18-37)31-16-15-27(20-23(31)2)33(39)35-24(3)25-9-5-4-6-10-25/h4-16,20,22,24,37H,17-19,21H2,1-3H3,(H2,34,38)(H,35,39)/t22?,24-/m0/s1. The van der Waals surface area contributed by atoms with E-state index in [9.17, 15) is 14.7 Å². The molecule has 1 aliphatic carbocycles. The number of nitrogens with one attached hydrogen (secondary N) is 1. The lowest BCUT2D eigenvalue weighted by molar-refractivity contribution is 0.0938. The number of anilines is 1. The summed E-state index contributed by atoms with van der Waals surface area (Å²) in [5, 5.41) is 12.9. The first-order valence-electron chi connectivity index (χ1n) is 13.4. The Hall–Kier alpha value is -4.16. The summed E-state index contributed by atoms with van der Waals surface area (Å²) >= 11 is 0. The van der Waals surface area contributed by atoms with Crippen molar-refractivity contribution in [2.75, 3.05) is 24.6 Å². The van der Waals surface area contributed by atoms with E-state index in [-0.39, 0.29) is 24.5 Å². The van der Waals surface area contributed by atoms with E-state index >= 15 is 0 Å². The van der Waals surface area contributed by atoms with Gasteiger partial charge in [-0.2, -0.15) is 0 Å². The van der Waals surface area contributed by atoms with Crippen LogP contribution in [0.15, 0.2) is 90.5 Å². The number of nitrogens with zero attached hydrogens (tertiary/aromatic N) is 1. The number of allylic oxidation sites excluding steroid dienone is 3. The maximum absolute atomic E-state index is 13.0. The van der Waals surface area contributed by atoms with Crippen LogP contribution in [0, 0.1) is 12.8 Å². The van der Waals surface area contributed by atoms with Crippen LogP contribution in [-0.2, 0) is 0 Å². The van der Waals surface area contributed by atoms with E-state index in [4.69, 9.17) is 5.73 Å². The van der Waals surface area contributed by atoms with E-state index in [1.165, 1.54) is 5.57 Å². The van der Waals surface area contributed by atoms with Gasteiger partial charge in [0.1, 0.15) is 0 Å². The Morgan fingerprint density at radius 2 is 1.77 bits per heavy atom. The van der Waals surface area contributed by atoms with Crippen molar-refractivity contribution >= 4 is 23.1 Å². The molecule has 3 aromatic rings. The Kier molecular flexibility index (Phi) is 8.99. The van der Waals surface area contributed by atoms with Gasteiger partial charge in [0.2, 0.25) is 5.91 Å². The molecule has 6 nitrogen and oxygen atoms in total. The van der Waals surface area contributed by atoms with Gasteiger partial charge in [-0.1, -0.05) is 67.6 Å². The first-order valence-corrected chi connectivity index (χ1v) is 13.4. The largest absolute Gasteiger partial charge is 0.395 e. The lowest BCUT2D eigenvalue weighted by Gasteiger charge is -2.31. The quantitative estimate of drug-likeness (QED) is 0.330. The van der Waals surface area contributed by atoms with E-state index in [1.54, 1.807) is 6.07 Å². The molecule has 0 saturated heterocycles. The number of hydrogen-bond donors (Lipinski definition) is 3. The highest BCUT2D eigenvalue weighted by Crippen LogP contribution is 2.34. The molecule has 0 bridgehead atoms. The number of primary amides is 1. The molecule has 4 rings (SSSR count). The average Bonchev–Trinajstić information content (AvgIpc) is 2.94. The van der Waals surface area contributed by atoms with Crippen molar-refractivity contribution in [2.24, 2.45) is 11.7 Å². The number of benzene rings is 3. The molecule has 0 saturated carbocycles. The van der Waals surface area contributed by atoms with Crippen LogP contribution in [0.25, 0.3) is 5.57 Å². The molecular weight excluding hydrogens is 486 g/mol. The van der Waals surface area contributed by atoms with Crippen LogP contribution >= 0.6 is 0 Å². The van der Waals surface area contributed by atoms with Gasteiger partial charge in [-0.3, -0.25) is 9.59 Å². The minimum absolute atomic E-state index is 0.0189. The number of aryl methyl sites for hydroxylation is 1. The molecular formula is C33H37N3O3. The second-order valence-electron chi connectivity index (χ2n) is 10.2. The number of carbonyl (C=O) groups is 2. The predicted octanol–water partition coefficient (Wildman–Crippen LogP) is 5.43. The van der Waals surface area contributed by atoms with Crippen molar-refractivity contribution in [2.45, 2.75) is 33.2 Å². The highest BCUT2D eigenvalue weighted by molar-refractivity contribution is 5.98. The molecule has 1 aliphatic rings. The van der Waals surface area contributed by atoms with Gasteiger partial charge in [-0.25, -0.2) is 0 Å². The van der Waals surface area contributed by atoms with Crippen molar-refractivity contribution in [3.8, 4) is 0 Å². The minimum atomic E-state index is -0.426. The van der Waals surface area contributed by atoms with Crippen LogP contribution in [0.2, 0.25) is 0 Å². The first kappa shape index (κ1) is 27.9. The number of carbonyl (C=O) groups excluding carboxylic acids is 2. The van der Waals surface area contributed by atoms with Crippen molar-refractivity contribution < 1.29 is 14.7 Å². The van der Waals surface area contributed by atoms with E-state index in [0.29, 0.717) is 24.2 Å². The smallest absolute Gasteiger partial charge is 0.251 e. The summed E-state index contributed by atoms with van der Waals surface area (Å²) in [5.74, 6) is -0.297. The maximum atomic E-state index is 13.0. The Balaban J connectivity index is 1.51. The Morgan fingerprint density at radius 1 is 1.05 bits per heavy atom. The fourth-order valence-electron chi connectivity index (χ4n) is 5.17. The highest BCUT2D eigenvalue weighted by Gasteiger charge is 2.22. The average molecular weight is 524 g/mol. The molecule has 0 heterocycles. The van der Waals surface area contributed by atoms with Crippen LogP contribution in [-0.4, -0.2) is 36.6 Å². The van der Waals surface area contributed by atoms with Gasteiger partial charge in [0, 0.05) is 29.9 Å². The lowest BCUT2D eigenvalue weighted by atomic mass is 9.84. The predicted molar refractivity (Wildman–Crippen MR) is 158 cm³/mol. The zero-order chi connectivity index (χ0) is 27.9. The first-order chi connectivity index (χ1) is 18.8. The summed E-state index contributed by atoms with van der Waals surface area (Å²) in [6, 6.07) is 23.0. The minimum Gasteiger partial charge on any atom is -0.395 e. The Morgan fingerprint density at radius 3 is 2.44 bits per heavy atom. The van der Waals surface area contributed by atoms with Gasteiger partial charge in [0.15, 0.2) is 0 Å². The number of aliphatic hydroxyl groups excluding tert-OH is 1. The molecule has 1 unspecified atom stereocenters. The van der Waals surface area contributed by atoms with Crippen molar-refractivity contribution in [1.29, 1.82) is 0 Å². The molecule has 4 N–H and O–H groups in total.